The molecular formula is C10H18N4OS. The van der Waals surface area contributed by atoms with E-state index in [4.69, 9.17) is 10.5 Å². The Bertz CT molecular complexity index is 350. The summed E-state index contributed by atoms with van der Waals surface area (Å²) in [5.74, 6) is 0.428. The predicted molar refractivity (Wildman–Crippen MR) is 66.7 cm³/mol. The number of guanidine groups is 1. The lowest BCUT2D eigenvalue weighted by atomic mass is 10.4. The number of methoxy groups -OCH3 is 1. The molecule has 0 saturated heterocycles. The van der Waals surface area contributed by atoms with Gasteiger partial charge in [-0.25, -0.2) is 9.98 Å². The van der Waals surface area contributed by atoms with E-state index in [2.05, 4.69) is 15.3 Å². The molecule has 1 aromatic rings. The molecule has 0 radical (unpaired) electrons. The number of nitrogens with one attached hydrogen (secondary N) is 1. The fourth-order valence-electron chi connectivity index (χ4n) is 1.22. The molecule has 0 aliphatic rings. The minimum atomic E-state index is 0.159. The number of aryl methyl sites for hydroxylation is 1. The Morgan fingerprint density at radius 1 is 1.75 bits per heavy atom. The van der Waals surface area contributed by atoms with Crippen molar-refractivity contribution in [1.82, 2.24) is 10.3 Å². The first-order valence-corrected chi connectivity index (χ1v) is 5.96. The van der Waals surface area contributed by atoms with Gasteiger partial charge in [-0.15, -0.1) is 11.3 Å². The molecule has 0 aliphatic heterocycles. The largest absolute Gasteiger partial charge is 0.383 e. The minimum absolute atomic E-state index is 0.159. The van der Waals surface area contributed by atoms with E-state index in [1.807, 2.05) is 19.2 Å². The summed E-state index contributed by atoms with van der Waals surface area (Å²) in [7, 11) is 1.66. The third kappa shape index (κ3) is 4.59. The van der Waals surface area contributed by atoms with Crippen LogP contribution in [0, 0.1) is 6.92 Å². The Morgan fingerprint density at radius 3 is 3.06 bits per heavy atom. The average molecular weight is 242 g/mol. The van der Waals surface area contributed by atoms with Crippen molar-refractivity contribution in [3.63, 3.8) is 0 Å². The first-order valence-electron chi connectivity index (χ1n) is 5.08. The standard InChI is InChI=1S/C10H18N4OS/c1-7(5-15-3)14-10(11)12-4-9-13-8(2)6-16-9/h6-7H,4-5H2,1-3H3,(H3,11,12,14). The molecule has 0 saturated carbocycles. The SMILES string of the molecule is COCC(C)NC(N)=NCc1nc(C)cs1. The Kier molecular flexibility index (Phi) is 5.21. The van der Waals surface area contributed by atoms with Crippen LogP contribution >= 0.6 is 11.3 Å². The normalized spacial score (nSPS) is 13.8. The molecule has 0 bridgehead atoms. The van der Waals surface area contributed by atoms with Gasteiger partial charge < -0.3 is 15.8 Å². The molecule has 1 heterocycles. The second-order valence-electron chi connectivity index (χ2n) is 3.58. The van der Waals surface area contributed by atoms with Gasteiger partial charge in [-0.2, -0.15) is 0 Å². The van der Waals surface area contributed by atoms with E-state index in [1.54, 1.807) is 18.4 Å². The van der Waals surface area contributed by atoms with Gasteiger partial charge in [0, 0.05) is 24.2 Å². The highest BCUT2D eigenvalue weighted by molar-refractivity contribution is 7.09. The Balaban J connectivity index is 2.39. The molecule has 5 nitrogen and oxygen atoms in total. The van der Waals surface area contributed by atoms with Crippen LogP contribution in [-0.4, -0.2) is 30.7 Å². The molecule has 0 amide bonds. The van der Waals surface area contributed by atoms with Crippen LogP contribution in [0.4, 0.5) is 0 Å². The highest BCUT2D eigenvalue weighted by Crippen LogP contribution is 2.09. The minimum Gasteiger partial charge on any atom is -0.383 e. The molecule has 3 N–H and O–H groups in total. The van der Waals surface area contributed by atoms with Crippen LogP contribution in [-0.2, 0) is 11.3 Å². The van der Waals surface area contributed by atoms with Gasteiger partial charge in [0.15, 0.2) is 5.96 Å². The van der Waals surface area contributed by atoms with Gasteiger partial charge in [-0.1, -0.05) is 0 Å². The number of hydrogen-bond acceptors (Lipinski definition) is 4. The van der Waals surface area contributed by atoms with Gasteiger partial charge in [0.25, 0.3) is 0 Å². The molecule has 16 heavy (non-hydrogen) atoms. The molecule has 90 valence electrons. The zero-order chi connectivity index (χ0) is 12.0. The van der Waals surface area contributed by atoms with Gasteiger partial charge in [0.1, 0.15) is 5.01 Å². The number of nitrogens with zero attached hydrogens (tertiary/aromatic N) is 2. The van der Waals surface area contributed by atoms with Crippen LogP contribution in [0.1, 0.15) is 17.6 Å². The van der Waals surface area contributed by atoms with Crippen molar-refractivity contribution in [3.8, 4) is 0 Å². The highest BCUT2D eigenvalue weighted by Gasteiger charge is 2.02. The monoisotopic (exact) mass is 242 g/mol. The van der Waals surface area contributed by atoms with E-state index < -0.39 is 0 Å². The maximum atomic E-state index is 5.72. The number of aliphatic imine (C=N–C) groups is 1. The predicted octanol–water partition coefficient (Wildman–Crippen LogP) is 0.891. The number of ether oxygens (including phenoxy) is 1. The van der Waals surface area contributed by atoms with E-state index in [9.17, 15) is 0 Å². The number of nitrogens with two attached hydrogens (primary N) is 1. The van der Waals surface area contributed by atoms with Crippen LogP contribution in [0.5, 0.6) is 0 Å². The van der Waals surface area contributed by atoms with Crippen LogP contribution < -0.4 is 11.1 Å². The number of rotatable bonds is 5. The summed E-state index contributed by atoms with van der Waals surface area (Å²) in [6.45, 7) is 5.08. The van der Waals surface area contributed by atoms with Gasteiger partial charge in [0.2, 0.25) is 0 Å². The molecule has 1 unspecified atom stereocenters. The Morgan fingerprint density at radius 2 is 2.50 bits per heavy atom. The molecule has 0 aromatic carbocycles. The number of thiazole rings is 1. The number of hydrogen-bond donors (Lipinski definition) is 2. The summed E-state index contributed by atoms with van der Waals surface area (Å²) in [5, 5.41) is 6.01. The van der Waals surface area contributed by atoms with E-state index >= 15 is 0 Å². The van der Waals surface area contributed by atoms with E-state index in [0.717, 1.165) is 10.7 Å². The number of aromatic nitrogens is 1. The third-order valence-corrected chi connectivity index (χ3v) is 2.81. The topological polar surface area (TPSA) is 72.5 Å². The third-order valence-electron chi connectivity index (χ3n) is 1.86. The molecule has 0 spiro atoms. The van der Waals surface area contributed by atoms with Gasteiger partial charge in [-0.05, 0) is 13.8 Å². The molecular weight excluding hydrogens is 224 g/mol. The van der Waals surface area contributed by atoms with Crippen molar-refractivity contribution in [2.45, 2.75) is 26.4 Å². The van der Waals surface area contributed by atoms with Crippen molar-refractivity contribution in [2.75, 3.05) is 13.7 Å². The summed E-state index contributed by atoms with van der Waals surface area (Å²) >= 11 is 1.59. The van der Waals surface area contributed by atoms with Gasteiger partial charge in [0.05, 0.1) is 13.2 Å². The van der Waals surface area contributed by atoms with Crippen molar-refractivity contribution in [1.29, 1.82) is 0 Å². The lowest BCUT2D eigenvalue weighted by Crippen LogP contribution is -2.40. The maximum absolute atomic E-state index is 5.72. The smallest absolute Gasteiger partial charge is 0.189 e. The van der Waals surface area contributed by atoms with Gasteiger partial charge >= 0.3 is 0 Å². The summed E-state index contributed by atoms with van der Waals surface area (Å²) < 4.78 is 4.99. The van der Waals surface area contributed by atoms with Crippen molar-refractivity contribution >= 4 is 17.3 Å². The fraction of sp³-hybridized carbons (Fsp3) is 0.600. The zero-order valence-electron chi connectivity index (χ0n) is 9.86. The average Bonchev–Trinajstić information content (AvgIpc) is 2.61. The van der Waals surface area contributed by atoms with Crippen molar-refractivity contribution in [3.05, 3.63) is 16.1 Å². The van der Waals surface area contributed by atoms with Crippen LogP contribution in [0.25, 0.3) is 0 Å². The summed E-state index contributed by atoms with van der Waals surface area (Å²) in [5.41, 5.74) is 6.74. The highest BCUT2D eigenvalue weighted by atomic mass is 32.1. The lowest BCUT2D eigenvalue weighted by molar-refractivity contribution is 0.179. The van der Waals surface area contributed by atoms with Crippen LogP contribution in [0.15, 0.2) is 10.4 Å². The summed E-state index contributed by atoms with van der Waals surface area (Å²) in [6.07, 6.45) is 0. The van der Waals surface area contributed by atoms with E-state index in [-0.39, 0.29) is 6.04 Å². The summed E-state index contributed by atoms with van der Waals surface area (Å²) in [4.78, 5) is 8.51. The molecule has 1 rings (SSSR count). The Labute approximate surface area is 99.7 Å². The molecule has 1 aromatic heterocycles. The van der Waals surface area contributed by atoms with E-state index in [1.165, 1.54) is 0 Å². The van der Waals surface area contributed by atoms with Gasteiger partial charge in [-0.3, -0.25) is 0 Å². The van der Waals surface area contributed by atoms with Crippen LogP contribution in [0.3, 0.4) is 0 Å². The molecule has 1 atom stereocenters. The second-order valence-corrected chi connectivity index (χ2v) is 4.53. The maximum Gasteiger partial charge on any atom is 0.189 e. The lowest BCUT2D eigenvalue weighted by Gasteiger charge is -2.12. The van der Waals surface area contributed by atoms with Crippen molar-refractivity contribution in [2.24, 2.45) is 10.7 Å². The fourth-order valence-corrected chi connectivity index (χ4v) is 1.91. The van der Waals surface area contributed by atoms with E-state index in [0.29, 0.717) is 19.1 Å². The quantitative estimate of drug-likeness (QED) is 0.594. The second kappa shape index (κ2) is 6.44. The van der Waals surface area contributed by atoms with Crippen LogP contribution in [0.2, 0.25) is 0 Å². The Hall–Kier alpha value is -1.14. The summed E-state index contributed by atoms with van der Waals surface area (Å²) in [6, 6.07) is 0.159. The first-order chi connectivity index (χ1) is 7.61. The molecule has 0 fully saturated rings. The molecule has 6 heteroatoms. The van der Waals surface area contributed by atoms with Crippen molar-refractivity contribution < 1.29 is 4.74 Å². The molecule has 0 aliphatic carbocycles. The first kappa shape index (κ1) is 12.9. The zero-order valence-corrected chi connectivity index (χ0v) is 10.7.